The Bertz CT molecular complexity index is 935. The minimum atomic E-state index is -5.08. The fourth-order valence-electron chi connectivity index (χ4n) is 3.40. The summed E-state index contributed by atoms with van der Waals surface area (Å²) in [7, 11) is 0. The van der Waals surface area contributed by atoms with Gasteiger partial charge < -0.3 is 19.5 Å². The lowest BCUT2D eigenvalue weighted by molar-refractivity contribution is -0.192. The van der Waals surface area contributed by atoms with Crippen molar-refractivity contribution in [2.24, 2.45) is 0 Å². The predicted octanol–water partition coefficient (Wildman–Crippen LogP) is 1.14. The standard InChI is InChI=1S/C18H21N5O3.C2HF3O2/c24-17-10-26-18(12-23(17)16-7-19-14-20-8-16)11-22(5-6-25-13-18)9-15-3-1-2-4-21-15;3-2(4,5)1(6)7/h1-4,7-8,14H,5-6,9-13H2;(H,6,7). The van der Waals surface area contributed by atoms with E-state index in [1.165, 1.54) is 6.33 Å². The summed E-state index contributed by atoms with van der Waals surface area (Å²) >= 11 is 0. The van der Waals surface area contributed by atoms with Crippen LogP contribution in [0.4, 0.5) is 18.9 Å². The van der Waals surface area contributed by atoms with Crippen molar-refractivity contribution in [3.05, 3.63) is 48.8 Å². The Labute approximate surface area is 187 Å². The molecule has 10 nitrogen and oxygen atoms in total. The molecule has 4 heterocycles. The molecule has 1 atom stereocenters. The third kappa shape index (κ3) is 6.91. The largest absolute Gasteiger partial charge is 0.490 e. The molecule has 1 N–H and O–H groups in total. The number of nitrogens with zero attached hydrogens (tertiary/aromatic N) is 5. The first kappa shape index (κ1) is 24.5. The number of rotatable bonds is 3. The first-order valence-corrected chi connectivity index (χ1v) is 9.88. The first-order chi connectivity index (χ1) is 15.7. The first-order valence-electron chi connectivity index (χ1n) is 9.88. The van der Waals surface area contributed by atoms with Crippen LogP contribution in [0.2, 0.25) is 0 Å². The number of carbonyl (C=O) groups is 2. The van der Waals surface area contributed by atoms with Crippen molar-refractivity contribution in [3.63, 3.8) is 0 Å². The zero-order valence-electron chi connectivity index (χ0n) is 17.4. The van der Waals surface area contributed by atoms with E-state index in [9.17, 15) is 18.0 Å². The molecule has 4 rings (SSSR count). The molecule has 1 amide bonds. The van der Waals surface area contributed by atoms with E-state index >= 15 is 0 Å². The number of aromatic nitrogens is 3. The molecule has 2 fully saturated rings. The Hall–Kier alpha value is -3.16. The minimum absolute atomic E-state index is 0.0235. The second kappa shape index (κ2) is 10.6. The van der Waals surface area contributed by atoms with Gasteiger partial charge in [0, 0.05) is 25.8 Å². The fourth-order valence-corrected chi connectivity index (χ4v) is 3.40. The van der Waals surface area contributed by atoms with E-state index in [-0.39, 0.29) is 12.5 Å². The van der Waals surface area contributed by atoms with E-state index in [1.807, 2.05) is 18.2 Å². The molecule has 0 bridgehead atoms. The van der Waals surface area contributed by atoms with E-state index in [2.05, 4.69) is 19.9 Å². The van der Waals surface area contributed by atoms with Crippen LogP contribution in [0.15, 0.2) is 43.1 Å². The minimum Gasteiger partial charge on any atom is -0.475 e. The van der Waals surface area contributed by atoms with E-state index in [1.54, 1.807) is 23.5 Å². The number of alkyl halides is 3. The maximum atomic E-state index is 12.4. The van der Waals surface area contributed by atoms with Crippen LogP contribution >= 0.6 is 0 Å². The highest BCUT2D eigenvalue weighted by atomic mass is 19.4. The Morgan fingerprint density at radius 2 is 1.94 bits per heavy atom. The highest BCUT2D eigenvalue weighted by Crippen LogP contribution is 2.27. The summed E-state index contributed by atoms with van der Waals surface area (Å²) in [4.78, 5) is 37.7. The van der Waals surface area contributed by atoms with Crippen LogP contribution in [-0.2, 0) is 25.6 Å². The average Bonchev–Trinajstić information content (AvgIpc) is 2.99. The van der Waals surface area contributed by atoms with E-state index in [4.69, 9.17) is 19.4 Å². The number of carboxylic acids is 1. The van der Waals surface area contributed by atoms with Gasteiger partial charge in [0.1, 0.15) is 18.5 Å². The van der Waals surface area contributed by atoms with Gasteiger partial charge >= 0.3 is 12.1 Å². The molecule has 2 aliphatic rings. The Morgan fingerprint density at radius 3 is 2.58 bits per heavy atom. The summed E-state index contributed by atoms with van der Waals surface area (Å²) in [5.74, 6) is -2.85. The zero-order valence-corrected chi connectivity index (χ0v) is 17.4. The highest BCUT2D eigenvalue weighted by Gasteiger charge is 2.43. The number of hydrogen-bond donors (Lipinski definition) is 1. The van der Waals surface area contributed by atoms with E-state index < -0.39 is 17.7 Å². The number of hydrogen-bond acceptors (Lipinski definition) is 8. The average molecular weight is 469 g/mol. The number of amides is 1. The van der Waals surface area contributed by atoms with Gasteiger partial charge in [0.2, 0.25) is 0 Å². The number of anilines is 1. The Morgan fingerprint density at radius 1 is 1.21 bits per heavy atom. The Kier molecular flexibility index (Phi) is 7.89. The summed E-state index contributed by atoms with van der Waals surface area (Å²) in [6, 6.07) is 5.91. The summed E-state index contributed by atoms with van der Waals surface area (Å²) < 4.78 is 43.6. The second-order valence-electron chi connectivity index (χ2n) is 7.44. The molecule has 1 unspecified atom stereocenters. The lowest BCUT2D eigenvalue weighted by Gasteiger charge is -2.42. The van der Waals surface area contributed by atoms with Crippen molar-refractivity contribution in [2.75, 3.05) is 44.4 Å². The zero-order chi connectivity index (χ0) is 23.9. The molecular formula is C20H22F3N5O5. The summed E-state index contributed by atoms with van der Waals surface area (Å²) in [6.45, 7) is 3.69. The van der Waals surface area contributed by atoms with Crippen LogP contribution in [0.3, 0.4) is 0 Å². The van der Waals surface area contributed by atoms with Crippen molar-refractivity contribution in [2.45, 2.75) is 18.3 Å². The van der Waals surface area contributed by atoms with Gasteiger partial charge in [-0.2, -0.15) is 13.2 Å². The van der Waals surface area contributed by atoms with Crippen molar-refractivity contribution < 1.29 is 37.3 Å². The van der Waals surface area contributed by atoms with Gasteiger partial charge in [-0.1, -0.05) is 6.07 Å². The van der Waals surface area contributed by atoms with Gasteiger partial charge in [0.05, 0.1) is 43.5 Å². The van der Waals surface area contributed by atoms with Crippen LogP contribution in [0.25, 0.3) is 0 Å². The quantitative estimate of drug-likeness (QED) is 0.706. The van der Waals surface area contributed by atoms with Gasteiger partial charge in [-0.3, -0.25) is 14.7 Å². The summed E-state index contributed by atoms with van der Waals surface area (Å²) in [6.07, 6.45) is 1.46. The molecule has 2 aliphatic heterocycles. The smallest absolute Gasteiger partial charge is 0.475 e. The predicted molar refractivity (Wildman–Crippen MR) is 107 cm³/mol. The van der Waals surface area contributed by atoms with E-state index in [0.29, 0.717) is 32.0 Å². The maximum Gasteiger partial charge on any atom is 0.490 e. The molecule has 0 saturated carbocycles. The lowest BCUT2D eigenvalue weighted by atomic mass is 10.0. The monoisotopic (exact) mass is 469 g/mol. The number of aliphatic carboxylic acids is 1. The van der Waals surface area contributed by atoms with Crippen molar-refractivity contribution in [1.29, 1.82) is 0 Å². The Balaban J connectivity index is 0.000000383. The lowest BCUT2D eigenvalue weighted by Crippen LogP contribution is -2.60. The SMILES string of the molecule is O=C(O)C(F)(F)F.O=C1COC2(COCCN(Cc3ccccn3)C2)CN1c1cncnc1. The number of carbonyl (C=O) groups excluding carboxylic acids is 1. The van der Waals surface area contributed by atoms with Crippen LogP contribution in [0, 0.1) is 0 Å². The van der Waals surface area contributed by atoms with Crippen molar-refractivity contribution in [1.82, 2.24) is 19.9 Å². The highest BCUT2D eigenvalue weighted by molar-refractivity contribution is 5.94. The van der Waals surface area contributed by atoms with Gasteiger partial charge in [-0.15, -0.1) is 0 Å². The maximum absolute atomic E-state index is 12.4. The van der Waals surface area contributed by atoms with Gasteiger partial charge in [-0.05, 0) is 12.1 Å². The fraction of sp³-hybridized carbons (Fsp3) is 0.450. The number of halogens is 3. The van der Waals surface area contributed by atoms with Crippen LogP contribution in [0.5, 0.6) is 0 Å². The number of morpholine rings is 1. The topological polar surface area (TPSA) is 118 Å². The third-order valence-corrected chi connectivity index (χ3v) is 4.89. The van der Waals surface area contributed by atoms with Crippen molar-refractivity contribution in [3.8, 4) is 0 Å². The van der Waals surface area contributed by atoms with Gasteiger partial charge in [-0.25, -0.2) is 14.8 Å². The van der Waals surface area contributed by atoms with Crippen LogP contribution in [-0.4, -0.2) is 88.1 Å². The number of pyridine rings is 1. The molecule has 0 aliphatic carbocycles. The molecule has 13 heteroatoms. The molecule has 1 spiro atoms. The van der Waals surface area contributed by atoms with E-state index in [0.717, 1.165) is 18.8 Å². The normalized spacial score (nSPS) is 21.8. The molecule has 0 radical (unpaired) electrons. The number of ether oxygens (including phenoxy) is 2. The summed E-state index contributed by atoms with van der Waals surface area (Å²) in [5, 5.41) is 7.12. The second-order valence-corrected chi connectivity index (χ2v) is 7.44. The van der Waals surface area contributed by atoms with Crippen molar-refractivity contribution >= 4 is 17.6 Å². The molecule has 2 saturated heterocycles. The van der Waals surface area contributed by atoms with Crippen LogP contribution < -0.4 is 4.90 Å². The van der Waals surface area contributed by atoms with Crippen LogP contribution in [0.1, 0.15) is 5.69 Å². The number of carboxylic acid groups (broad SMARTS) is 1. The summed E-state index contributed by atoms with van der Waals surface area (Å²) in [5.41, 5.74) is 1.11. The van der Waals surface area contributed by atoms with Gasteiger partial charge in [0.25, 0.3) is 5.91 Å². The molecule has 0 aromatic carbocycles. The molecule has 33 heavy (non-hydrogen) atoms. The third-order valence-electron chi connectivity index (χ3n) is 4.89. The molecule has 178 valence electrons. The molecule has 2 aromatic heterocycles. The molecule has 2 aromatic rings. The molecular weight excluding hydrogens is 447 g/mol. The van der Waals surface area contributed by atoms with Gasteiger partial charge in [0.15, 0.2) is 0 Å².